The fraction of sp³-hybridized carbons (Fsp3) is 0.600. The highest BCUT2D eigenvalue weighted by Gasteiger charge is 2.24. The maximum absolute atomic E-state index is 11.4. The standard InChI is InChI=1S/C10H13ClN2O3S/c1-16-9(15)7-8(11)12-10(17-7)13-4-2-3-6(14)5-13/h6,14H,2-5H2,1H3. The first-order chi connectivity index (χ1) is 8.11. The molecule has 1 aromatic rings. The second-order valence-corrected chi connectivity index (χ2v) is 5.19. The van der Waals surface area contributed by atoms with Crippen LogP contribution in [0, 0.1) is 0 Å². The summed E-state index contributed by atoms with van der Waals surface area (Å²) in [5.74, 6) is -0.476. The van der Waals surface area contributed by atoms with Gasteiger partial charge in [0.1, 0.15) is 0 Å². The van der Waals surface area contributed by atoms with E-state index in [0.717, 1.165) is 19.4 Å². The lowest BCUT2D eigenvalue weighted by Gasteiger charge is -2.29. The van der Waals surface area contributed by atoms with Gasteiger partial charge in [0.2, 0.25) is 0 Å². The van der Waals surface area contributed by atoms with Crippen LogP contribution in [0.3, 0.4) is 0 Å². The van der Waals surface area contributed by atoms with Gasteiger partial charge in [-0.2, -0.15) is 0 Å². The quantitative estimate of drug-likeness (QED) is 0.831. The lowest BCUT2D eigenvalue weighted by atomic mass is 10.1. The maximum atomic E-state index is 11.4. The van der Waals surface area contributed by atoms with E-state index in [1.807, 2.05) is 4.90 Å². The van der Waals surface area contributed by atoms with Gasteiger partial charge in [-0.1, -0.05) is 22.9 Å². The van der Waals surface area contributed by atoms with Crippen molar-refractivity contribution in [2.24, 2.45) is 0 Å². The summed E-state index contributed by atoms with van der Waals surface area (Å²) in [7, 11) is 1.31. The van der Waals surface area contributed by atoms with Crippen molar-refractivity contribution in [3.05, 3.63) is 10.0 Å². The molecule has 0 amide bonds. The molecule has 2 heterocycles. The molecule has 0 radical (unpaired) electrons. The molecule has 1 N–H and O–H groups in total. The minimum Gasteiger partial charge on any atom is -0.465 e. The molecular formula is C10H13ClN2O3S. The van der Waals surface area contributed by atoms with Gasteiger partial charge in [-0.25, -0.2) is 9.78 Å². The number of β-amino-alcohol motifs (C(OH)–C–C–N with tert-alkyl or cyclic N) is 1. The highest BCUT2D eigenvalue weighted by Crippen LogP contribution is 2.31. The molecule has 1 aliphatic rings. The van der Waals surface area contributed by atoms with E-state index in [-0.39, 0.29) is 11.3 Å². The van der Waals surface area contributed by atoms with Gasteiger partial charge >= 0.3 is 5.97 Å². The normalized spacial score (nSPS) is 20.4. The van der Waals surface area contributed by atoms with Crippen molar-refractivity contribution in [1.29, 1.82) is 0 Å². The minimum atomic E-state index is -0.476. The van der Waals surface area contributed by atoms with E-state index in [0.29, 0.717) is 16.6 Å². The maximum Gasteiger partial charge on any atom is 0.351 e. The highest BCUT2D eigenvalue weighted by atomic mass is 35.5. The molecule has 1 atom stereocenters. The fourth-order valence-electron chi connectivity index (χ4n) is 1.77. The summed E-state index contributed by atoms with van der Waals surface area (Å²) in [5, 5.41) is 10.4. The van der Waals surface area contributed by atoms with Crippen molar-refractivity contribution < 1.29 is 14.6 Å². The van der Waals surface area contributed by atoms with Gasteiger partial charge < -0.3 is 14.7 Å². The number of piperidine rings is 1. The average molecular weight is 277 g/mol. The molecule has 2 rings (SSSR count). The van der Waals surface area contributed by atoms with E-state index in [4.69, 9.17) is 11.6 Å². The van der Waals surface area contributed by atoms with E-state index < -0.39 is 5.97 Å². The lowest BCUT2D eigenvalue weighted by molar-refractivity contribution is 0.0606. The van der Waals surface area contributed by atoms with Crippen molar-refractivity contribution in [3.8, 4) is 0 Å². The van der Waals surface area contributed by atoms with Gasteiger partial charge in [0.25, 0.3) is 0 Å². The zero-order valence-electron chi connectivity index (χ0n) is 9.35. The number of aromatic nitrogens is 1. The van der Waals surface area contributed by atoms with Gasteiger partial charge in [0, 0.05) is 13.1 Å². The van der Waals surface area contributed by atoms with Crippen LogP contribution in [0.2, 0.25) is 5.15 Å². The van der Waals surface area contributed by atoms with Crippen LogP contribution in [0.25, 0.3) is 0 Å². The number of nitrogens with zero attached hydrogens (tertiary/aromatic N) is 2. The summed E-state index contributed by atoms with van der Waals surface area (Å²) in [6.45, 7) is 1.35. The molecule has 1 aromatic heterocycles. The number of carbonyl (C=O) groups is 1. The number of aliphatic hydroxyl groups excluding tert-OH is 1. The molecule has 7 heteroatoms. The predicted molar refractivity (Wildman–Crippen MR) is 65.9 cm³/mol. The van der Waals surface area contributed by atoms with E-state index in [2.05, 4.69) is 9.72 Å². The highest BCUT2D eigenvalue weighted by molar-refractivity contribution is 7.18. The molecule has 0 aliphatic carbocycles. The van der Waals surface area contributed by atoms with Crippen LogP contribution in [0.4, 0.5) is 5.13 Å². The van der Waals surface area contributed by atoms with Gasteiger partial charge in [-0.15, -0.1) is 0 Å². The summed E-state index contributed by atoms with van der Waals surface area (Å²) in [4.78, 5) is 17.8. The number of rotatable bonds is 2. The van der Waals surface area contributed by atoms with Crippen LogP contribution in [0.15, 0.2) is 0 Å². The predicted octanol–water partition coefficient (Wildman–Crippen LogP) is 1.54. The Morgan fingerprint density at radius 1 is 1.71 bits per heavy atom. The first-order valence-corrected chi connectivity index (χ1v) is 6.49. The lowest BCUT2D eigenvalue weighted by Crippen LogP contribution is -2.38. The van der Waals surface area contributed by atoms with Gasteiger partial charge in [0.15, 0.2) is 15.2 Å². The third-order valence-electron chi connectivity index (χ3n) is 2.61. The number of carbonyl (C=O) groups excluding carboxylic acids is 1. The number of aliphatic hydroxyl groups is 1. The van der Waals surface area contributed by atoms with Crippen molar-refractivity contribution in [3.63, 3.8) is 0 Å². The number of esters is 1. The molecule has 1 unspecified atom stereocenters. The molecule has 0 aromatic carbocycles. The molecule has 17 heavy (non-hydrogen) atoms. The molecule has 0 bridgehead atoms. The Hall–Kier alpha value is -0.850. The smallest absolute Gasteiger partial charge is 0.351 e. The molecule has 1 aliphatic heterocycles. The molecule has 0 spiro atoms. The minimum absolute atomic E-state index is 0.164. The fourth-order valence-corrected chi connectivity index (χ4v) is 3.01. The Bertz CT molecular complexity index is 424. The summed E-state index contributed by atoms with van der Waals surface area (Å²) in [6, 6.07) is 0. The topological polar surface area (TPSA) is 62.7 Å². The van der Waals surface area contributed by atoms with Crippen LogP contribution in [-0.2, 0) is 4.74 Å². The number of hydrogen-bond acceptors (Lipinski definition) is 6. The largest absolute Gasteiger partial charge is 0.465 e. The molecule has 5 nitrogen and oxygen atoms in total. The van der Waals surface area contributed by atoms with Crippen molar-refractivity contribution in [2.45, 2.75) is 18.9 Å². The van der Waals surface area contributed by atoms with E-state index >= 15 is 0 Å². The molecular weight excluding hydrogens is 264 g/mol. The number of hydrogen-bond donors (Lipinski definition) is 1. The number of methoxy groups -OCH3 is 1. The summed E-state index contributed by atoms with van der Waals surface area (Å²) in [6.07, 6.45) is 1.37. The SMILES string of the molecule is COC(=O)c1sc(N2CCCC(O)C2)nc1Cl. The van der Waals surface area contributed by atoms with Crippen LogP contribution in [0.1, 0.15) is 22.5 Å². The number of halogens is 1. The molecule has 1 fully saturated rings. The Morgan fingerprint density at radius 3 is 3.12 bits per heavy atom. The van der Waals surface area contributed by atoms with Crippen LogP contribution >= 0.6 is 22.9 Å². The number of ether oxygens (including phenoxy) is 1. The Morgan fingerprint density at radius 2 is 2.47 bits per heavy atom. The summed E-state index contributed by atoms with van der Waals surface area (Å²) >= 11 is 7.08. The summed E-state index contributed by atoms with van der Waals surface area (Å²) < 4.78 is 4.62. The van der Waals surface area contributed by atoms with Gasteiger partial charge in [-0.3, -0.25) is 0 Å². The second-order valence-electron chi connectivity index (χ2n) is 3.85. The monoisotopic (exact) mass is 276 g/mol. The molecule has 0 saturated carbocycles. The molecule has 94 valence electrons. The molecule has 1 saturated heterocycles. The summed E-state index contributed by atoms with van der Waals surface area (Å²) in [5.41, 5.74) is 0. The number of anilines is 1. The van der Waals surface area contributed by atoms with E-state index in [1.54, 1.807) is 0 Å². The van der Waals surface area contributed by atoms with Crippen LogP contribution in [0.5, 0.6) is 0 Å². The van der Waals surface area contributed by atoms with Crippen molar-refractivity contribution >= 4 is 34.0 Å². The average Bonchev–Trinajstić information content (AvgIpc) is 2.70. The Balaban J connectivity index is 2.19. The van der Waals surface area contributed by atoms with Crippen molar-refractivity contribution in [2.75, 3.05) is 25.1 Å². The van der Waals surface area contributed by atoms with Crippen LogP contribution < -0.4 is 4.90 Å². The zero-order chi connectivity index (χ0) is 12.4. The van der Waals surface area contributed by atoms with Gasteiger partial charge in [0.05, 0.1) is 13.2 Å². The Kier molecular flexibility index (Phi) is 3.86. The van der Waals surface area contributed by atoms with Crippen molar-refractivity contribution in [1.82, 2.24) is 4.98 Å². The third-order valence-corrected chi connectivity index (χ3v) is 4.09. The van der Waals surface area contributed by atoms with Gasteiger partial charge in [-0.05, 0) is 12.8 Å². The van der Waals surface area contributed by atoms with E-state index in [1.165, 1.54) is 18.4 Å². The van der Waals surface area contributed by atoms with Crippen LogP contribution in [-0.4, -0.2) is 42.4 Å². The second kappa shape index (κ2) is 5.20. The Labute approximate surface area is 108 Å². The first kappa shape index (κ1) is 12.6. The first-order valence-electron chi connectivity index (χ1n) is 5.29. The number of thiazole rings is 1. The van der Waals surface area contributed by atoms with E-state index in [9.17, 15) is 9.90 Å². The zero-order valence-corrected chi connectivity index (χ0v) is 10.9. The third kappa shape index (κ3) is 2.70.